The van der Waals surface area contributed by atoms with Gasteiger partial charge in [0.2, 0.25) is 0 Å². The highest BCUT2D eigenvalue weighted by molar-refractivity contribution is 5.78. The van der Waals surface area contributed by atoms with E-state index in [0.717, 1.165) is 38.5 Å². The van der Waals surface area contributed by atoms with Crippen LogP contribution < -0.4 is 0 Å². The molecule has 1 atom stereocenters. The summed E-state index contributed by atoms with van der Waals surface area (Å²) in [7, 11) is 0. The van der Waals surface area contributed by atoms with Crippen molar-refractivity contribution in [1.29, 1.82) is 0 Å². The van der Waals surface area contributed by atoms with Gasteiger partial charge in [-0.15, -0.1) is 0 Å². The van der Waals surface area contributed by atoms with E-state index in [9.17, 15) is 9.59 Å². The predicted octanol–water partition coefficient (Wildman–Crippen LogP) is 7.71. The maximum Gasteiger partial charge on any atom is 0.303 e. The normalized spacial score (nSPS) is 12.2. The summed E-state index contributed by atoms with van der Waals surface area (Å²) in [6.07, 6.45) is 21.8. The summed E-state index contributed by atoms with van der Waals surface area (Å²) in [4.78, 5) is 22.2. The van der Waals surface area contributed by atoms with Gasteiger partial charge in [0.15, 0.2) is 0 Å². The molecule has 3 nitrogen and oxygen atoms in total. The molecular formula is C24H46O3. The van der Waals surface area contributed by atoms with Crippen molar-refractivity contribution in [3.05, 3.63) is 0 Å². The average Bonchev–Trinajstić information content (AvgIpc) is 2.63. The minimum atomic E-state index is -0.665. The van der Waals surface area contributed by atoms with Crippen LogP contribution in [0.3, 0.4) is 0 Å². The molecule has 0 radical (unpaired) electrons. The Balaban J connectivity index is 3.13. The summed E-state index contributed by atoms with van der Waals surface area (Å²) in [5, 5.41) is 8.57. The Bertz CT molecular complexity index is 352. The third-order valence-electron chi connectivity index (χ3n) is 5.62. The van der Waals surface area contributed by atoms with Crippen molar-refractivity contribution >= 4 is 11.8 Å². The molecular weight excluding hydrogens is 336 g/mol. The Kier molecular flexibility index (Phi) is 19.3. The van der Waals surface area contributed by atoms with Crippen molar-refractivity contribution in [3.8, 4) is 0 Å². The maximum atomic E-state index is 11.8. The second-order valence-electron chi connectivity index (χ2n) is 8.45. The van der Waals surface area contributed by atoms with Gasteiger partial charge in [-0.25, -0.2) is 0 Å². The van der Waals surface area contributed by atoms with E-state index in [2.05, 4.69) is 13.8 Å². The van der Waals surface area contributed by atoms with Crippen molar-refractivity contribution in [2.75, 3.05) is 0 Å². The summed E-state index contributed by atoms with van der Waals surface area (Å²) in [5.74, 6) is 0.355. The quantitative estimate of drug-likeness (QED) is 0.207. The van der Waals surface area contributed by atoms with Gasteiger partial charge in [-0.05, 0) is 18.8 Å². The number of ketones is 1. The number of hydrogen-bond donors (Lipinski definition) is 1. The first-order chi connectivity index (χ1) is 13.1. The van der Waals surface area contributed by atoms with Crippen molar-refractivity contribution in [3.63, 3.8) is 0 Å². The van der Waals surface area contributed by atoms with Gasteiger partial charge in [0, 0.05) is 19.3 Å². The smallest absolute Gasteiger partial charge is 0.303 e. The number of carbonyl (C=O) groups excluding carboxylic acids is 1. The molecule has 0 saturated heterocycles. The van der Waals surface area contributed by atoms with E-state index in [4.69, 9.17) is 5.11 Å². The maximum absolute atomic E-state index is 11.8. The Labute approximate surface area is 168 Å². The molecule has 0 heterocycles. The molecule has 0 fully saturated rings. The van der Waals surface area contributed by atoms with Gasteiger partial charge in [-0.3, -0.25) is 9.59 Å². The fraction of sp³-hybridized carbons (Fsp3) is 0.917. The van der Waals surface area contributed by atoms with Gasteiger partial charge in [0.1, 0.15) is 5.78 Å². The number of rotatable bonds is 21. The minimum absolute atomic E-state index is 0.330. The van der Waals surface area contributed by atoms with Crippen molar-refractivity contribution < 1.29 is 14.7 Å². The topological polar surface area (TPSA) is 54.4 Å². The van der Waals surface area contributed by atoms with E-state index in [1.165, 1.54) is 77.0 Å². The molecule has 0 bridgehead atoms. The molecule has 0 spiro atoms. The average molecular weight is 383 g/mol. The summed E-state index contributed by atoms with van der Waals surface area (Å²) in [6, 6.07) is 0. The molecule has 0 unspecified atom stereocenters. The zero-order valence-corrected chi connectivity index (χ0v) is 18.3. The monoisotopic (exact) mass is 382 g/mol. The van der Waals surface area contributed by atoms with Crippen LogP contribution in [0.15, 0.2) is 0 Å². The molecule has 0 aromatic rings. The SMILES string of the molecule is CC[C@H](C)CC(=O)CCCCCCCCCCCCCCCCCC(=O)O. The van der Waals surface area contributed by atoms with Crippen LogP contribution in [0.5, 0.6) is 0 Å². The highest BCUT2D eigenvalue weighted by Gasteiger charge is 2.06. The van der Waals surface area contributed by atoms with E-state index in [1.54, 1.807) is 0 Å². The lowest BCUT2D eigenvalue weighted by atomic mass is 9.98. The molecule has 3 heteroatoms. The van der Waals surface area contributed by atoms with Gasteiger partial charge in [-0.2, -0.15) is 0 Å². The van der Waals surface area contributed by atoms with Crippen LogP contribution in [0.25, 0.3) is 0 Å². The number of aliphatic carboxylic acids is 1. The standard InChI is InChI=1S/C24H46O3/c1-3-22(2)21-23(25)19-17-15-13-11-9-7-5-4-6-8-10-12-14-16-18-20-24(26)27/h22H,3-21H2,1-2H3,(H,26,27)/t22-/m0/s1. The minimum Gasteiger partial charge on any atom is -0.481 e. The largest absolute Gasteiger partial charge is 0.481 e. The molecule has 0 aliphatic carbocycles. The summed E-state index contributed by atoms with van der Waals surface area (Å²) < 4.78 is 0. The third kappa shape index (κ3) is 21.3. The highest BCUT2D eigenvalue weighted by atomic mass is 16.4. The Morgan fingerprint density at radius 2 is 0.963 bits per heavy atom. The van der Waals surface area contributed by atoms with E-state index in [0.29, 0.717) is 18.1 Å². The van der Waals surface area contributed by atoms with E-state index in [-0.39, 0.29) is 0 Å². The molecule has 27 heavy (non-hydrogen) atoms. The highest BCUT2D eigenvalue weighted by Crippen LogP contribution is 2.15. The van der Waals surface area contributed by atoms with Crippen LogP contribution in [0.1, 0.15) is 136 Å². The van der Waals surface area contributed by atoms with E-state index < -0.39 is 5.97 Å². The molecule has 0 aliphatic heterocycles. The Morgan fingerprint density at radius 3 is 1.30 bits per heavy atom. The molecule has 0 rings (SSSR count). The second kappa shape index (κ2) is 19.9. The van der Waals surface area contributed by atoms with E-state index >= 15 is 0 Å². The first-order valence-electron chi connectivity index (χ1n) is 11.8. The molecule has 1 N–H and O–H groups in total. The van der Waals surface area contributed by atoms with Gasteiger partial charge >= 0.3 is 5.97 Å². The van der Waals surface area contributed by atoms with E-state index in [1.807, 2.05) is 0 Å². The number of unbranched alkanes of at least 4 members (excludes halogenated alkanes) is 14. The number of carbonyl (C=O) groups is 2. The van der Waals surface area contributed by atoms with Crippen molar-refractivity contribution in [2.45, 2.75) is 136 Å². The molecule has 0 aromatic heterocycles. The molecule has 160 valence electrons. The number of hydrogen-bond acceptors (Lipinski definition) is 2. The summed E-state index contributed by atoms with van der Waals surface area (Å²) >= 11 is 0. The number of carboxylic acid groups (broad SMARTS) is 1. The number of Topliss-reactive ketones (excluding diaryl/α,β-unsaturated/α-hetero) is 1. The third-order valence-corrected chi connectivity index (χ3v) is 5.62. The summed E-state index contributed by atoms with van der Waals surface area (Å²) in [5.41, 5.74) is 0. The van der Waals surface area contributed by atoms with Crippen molar-refractivity contribution in [2.24, 2.45) is 5.92 Å². The first kappa shape index (κ1) is 26.1. The second-order valence-corrected chi connectivity index (χ2v) is 8.45. The van der Waals surface area contributed by atoms with Crippen LogP contribution in [0, 0.1) is 5.92 Å². The lowest BCUT2D eigenvalue weighted by Crippen LogP contribution is -2.04. The van der Waals surface area contributed by atoms with Gasteiger partial charge in [0.25, 0.3) is 0 Å². The fourth-order valence-corrected chi connectivity index (χ4v) is 3.53. The number of carboxylic acids is 1. The molecule has 0 aromatic carbocycles. The van der Waals surface area contributed by atoms with Gasteiger partial charge in [-0.1, -0.05) is 104 Å². The molecule has 0 aliphatic rings. The van der Waals surface area contributed by atoms with Crippen LogP contribution in [-0.2, 0) is 9.59 Å². The fourth-order valence-electron chi connectivity index (χ4n) is 3.53. The Hall–Kier alpha value is -0.860. The lowest BCUT2D eigenvalue weighted by molar-refractivity contribution is -0.137. The zero-order valence-electron chi connectivity index (χ0n) is 18.3. The summed E-state index contributed by atoms with van der Waals surface area (Å²) in [6.45, 7) is 4.33. The predicted molar refractivity (Wildman–Crippen MR) is 115 cm³/mol. The Morgan fingerprint density at radius 1 is 0.630 bits per heavy atom. The molecule has 0 amide bonds. The van der Waals surface area contributed by atoms with Crippen LogP contribution in [0.2, 0.25) is 0 Å². The van der Waals surface area contributed by atoms with Gasteiger partial charge in [0.05, 0.1) is 0 Å². The molecule has 0 saturated carbocycles. The van der Waals surface area contributed by atoms with Crippen LogP contribution >= 0.6 is 0 Å². The van der Waals surface area contributed by atoms with Crippen LogP contribution in [0.4, 0.5) is 0 Å². The zero-order chi connectivity index (χ0) is 20.2. The van der Waals surface area contributed by atoms with Crippen molar-refractivity contribution in [1.82, 2.24) is 0 Å². The van der Waals surface area contributed by atoms with Crippen LogP contribution in [-0.4, -0.2) is 16.9 Å². The van der Waals surface area contributed by atoms with Gasteiger partial charge < -0.3 is 5.11 Å². The lowest BCUT2D eigenvalue weighted by Gasteiger charge is -2.07. The first-order valence-corrected chi connectivity index (χ1v) is 11.8.